The average Bonchev–Trinajstić information content (AvgIpc) is 3.26. The van der Waals surface area contributed by atoms with Gasteiger partial charge in [0.25, 0.3) is 0 Å². The minimum absolute atomic E-state index is 0.190. The lowest BCUT2D eigenvalue weighted by molar-refractivity contribution is 0.0115. The van der Waals surface area contributed by atoms with Gasteiger partial charge in [0, 0.05) is 38.1 Å². The van der Waals surface area contributed by atoms with Crippen molar-refractivity contribution < 1.29 is 26.5 Å². The van der Waals surface area contributed by atoms with E-state index in [1.807, 2.05) is 0 Å². The van der Waals surface area contributed by atoms with Gasteiger partial charge in [-0.2, -0.15) is 18.7 Å². The molecule has 11 nitrogen and oxygen atoms in total. The highest BCUT2D eigenvalue weighted by atomic mass is 32.2. The van der Waals surface area contributed by atoms with Crippen molar-refractivity contribution in [1.29, 1.82) is 0 Å². The molecule has 0 bridgehead atoms. The molecule has 0 unspecified atom stereocenters. The quantitative estimate of drug-likeness (QED) is 0.484. The molecule has 2 aromatic heterocycles. The number of aromatic nitrogens is 3. The van der Waals surface area contributed by atoms with E-state index in [-0.39, 0.29) is 17.4 Å². The minimum atomic E-state index is -4.54. The van der Waals surface area contributed by atoms with Gasteiger partial charge in [-0.25, -0.2) is 18.9 Å². The Kier molecular flexibility index (Phi) is 7.00. The third-order valence-electron chi connectivity index (χ3n) is 7.98. The van der Waals surface area contributed by atoms with Crippen LogP contribution in [0.3, 0.4) is 0 Å². The van der Waals surface area contributed by atoms with Gasteiger partial charge in [-0.15, -0.1) is 0 Å². The summed E-state index contributed by atoms with van der Waals surface area (Å²) in [6, 6.07) is 7.89. The standard InChI is InChI=1S/C26H31FN6O5S/c27-18-4-6-20(7-5-18)33-25-23(24(30-33)17-2-1-3-17)22(16-21(29-25)26(34)38-39(28,35)36)32-10-8-19(9-11-32)31-12-14-37-15-13-31/h4-7,16-17,19H,1-3,8-15H2,(H2,28,35,36). The van der Waals surface area contributed by atoms with Crippen molar-refractivity contribution in [3.63, 3.8) is 0 Å². The molecule has 0 amide bonds. The summed E-state index contributed by atoms with van der Waals surface area (Å²) in [7, 11) is -4.54. The molecule has 13 heteroatoms. The second-order valence-corrected chi connectivity index (χ2v) is 11.5. The molecule has 0 spiro atoms. The van der Waals surface area contributed by atoms with Crippen LogP contribution >= 0.6 is 0 Å². The lowest BCUT2D eigenvalue weighted by Gasteiger charge is -2.41. The van der Waals surface area contributed by atoms with E-state index in [1.165, 1.54) is 12.1 Å². The molecule has 0 atom stereocenters. The average molecular weight is 559 g/mol. The van der Waals surface area contributed by atoms with Crippen molar-refractivity contribution >= 4 is 33.0 Å². The molecule has 6 rings (SSSR count). The predicted molar refractivity (Wildman–Crippen MR) is 142 cm³/mol. The van der Waals surface area contributed by atoms with E-state index >= 15 is 0 Å². The highest BCUT2D eigenvalue weighted by molar-refractivity contribution is 7.84. The number of carbonyl (C=O) groups is 1. The van der Waals surface area contributed by atoms with Crippen LogP contribution in [0.15, 0.2) is 30.3 Å². The summed E-state index contributed by atoms with van der Waals surface area (Å²) < 4.78 is 48.4. The summed E-state index contributed by atoms with van der Waals surface area (Å²) in [4.78, 5) is 22.1. The first kappa shape index (κ1) is 26.1. The van der Waals surface area contributed by atoms with Gasteiger partial charge in [-0.05, 0) is 56.0 Å². The number of halogens is 1. The first-order valence-corrected chi connectivity index (χ1v) is 14.8. The van der Waals surface area contributed by atoms with E-state index in [1.54, 1.807) is 22.9 Å². The number of rotatable bonds is 6. The molecule has 3 aromatic rings. The van der Waals surface area contributed by atoms with Crippen LogP contribution in [0.1, 0.15) is 54.2 Å². The first-order chi connectivity index (χ1) is 18.8. The fourth-order valence-corrected chi connectivity index (χ4v) is 6.07. The molecule has 39 heavy (non-hydrogen) atoms. The summed E-state index contributed by atoms with van der Waals surface area (Å²) in [5, 5.41) is 10.7. The number of benzene rings is 1. The third kappa shape index (κ3) is 5.36. The Labute approximate surface area is 225 Å². The SMILES string of the molecule is NS(=O)(=O)OC(=O)c1cc(N2CCC(N3CCOCC3)CC2)c2c(C3CCC3)nn(-c3ccc(F)cc3)c2n1. The van der Waals surface area contributed by atoms with Crippen LogP contribution in [0, 0.1) is 5.82 Å². The molecular formula is C26H31FN6O5S. The van der Waals surface area contributed by atoms with Gasteiger partial charge in [0.2, 0.25) is 0 Å². The molecule has 3 fully saturated rings. The number of morpholine rings is 1. The molecule has 1 saturated carbocycles. The molecule has 4 heterocycles. The number of fused-ring (bicyclic) bond motifs is 1. The third-order valence-corrected chi connectivity index (χ3v) is 8.36. The number of nitrogens with two attached hydrogens (primary N) is 1. The predicted octanol–water partition coefficient (Wildman–Crippen LogP) is 2.49. The molecular weight excluding hydrogens is 527 g/mol. The Morgan fingerprint density at radius 1 is 1.05 bits per heavy atom. The summed E-state index contributed by atoms with van der Waals surface area (Å²) in [5.74, 6) is -1.31. The molecule has 0 radical (unpaired) electrons. The second-order valence-electron chi connectivity index (χ2n) is 10.4. The number of carbonyl (C=O) groups excluding carboxylic acids is 1. The van der Waals surface area contributed by atoms with Crippen LogP contribution in [0.2, 0.25) is 0 Å². The van der Waals surface area contributed by atoms with E-state index < -0.39 is 16.3 Å². The van der Waals surface area contributed by atoms with Crippen LogP contribution in [0.5, 0.6) is 0 Å². The summed E-state index contributed by atoms with van der Waals surface area (Å²) in [6.45, 7) is 4.82. The maximum absolute atomic E-state index is 13.7. The summed E-state index contributed by atoms with van der Waals surface area (Å²) in [5.41, 5.74) is 2.41. The van der Waals surface area contributed by atoms with Crippen molar-refractivity contribution in [3.05, 3.63) is 47.5 Å². The van der Waals surface area contributed by atoms with Crippen LogP contribution in [0.4, 0.5) is 10.1 Å². The fraction of sp³-hybridized carbons (Fsp3) is 0.500. The normalized spacial score (nSPS) is 19.8. The maximum Gasteiger partial charge on any atom is 0.382 e. The zero-order chi connectivity index (χ0) is 27.1. The topological polar surface area (TPSA) is 133 Å². The highest BCUT2D eigenvalue weighted by Crippen LogP contribution is 2.43. The van der Waals surface area contributed by atoms with Gasteiger partial charge in [0.05, 0.1) is 35.7 Å². The molecule has 1 aliphatic carbocycles. The Bertz CT molecular complexity index is 1480. The van der Waals surface area contributed by atoms with Crippen LogP contribution < -0.4 is 10.0 Å². The van der Waals surface area contributed by atoms with Crippen molar-refractivity contribution in [2.24, 2.45) is 5.14 Å². The highest BCUT2D eigenvalue weighted by Gasteiger charge is 2.33. The largest absolute Gasteiger partial charge is 0.382 e. The van der Waals surface area contributed by atoms with Gasteiger partial charge >= 0.3 is 16.3 Å². The molecule has 2 aliphatic heterocycles. The Morgan fingerprint density at radius 2 is 1.74 bits per heavy atom. The van der Waals surface area contributed by atoms with E-state index in [9.17, 15) is 17.6 Å². The van der Waals surface area contributed by atoms with Gasteiger partial charge in [-0.3, -0.25) is 4.90 Å². The van der Waals surface area contributed by atoms with Crippen LogP contribution in [-0.2, 0) is 19.2 Å². The summed E-state index contributed by atoms with van der Waals surface area (Å²) in [6.07, 6.45) is 4.95. The van der Waals surface area contributed by atoms with Crippen molar-refractivity contribution in [2.75, 3.05) is 44.3 Å². The Morgan fingerprint density at radius 3 is 2.36 bits per heavy atom. The molecule has 1 aromatic carbocycles. The first-order valence-electron chi connectivity index (χ1n) is 13.3. The van der Waals surface area contributed by atoms with Gasteiger partial charge in [0.15, 0.2) is 11.3 Å². The zero-order valence-corrected chi connectivity index (χ0v) is 22.3. The van der Waals surface area contributed by atoms with Gasteiger partial charge in [0.1, 0.15) is 5.82 Å². The van der Waals surface area contributed by atoms with Crippen molar-refractivity contribution in [2.45, 2.75) is 44.1 Å². The van der Waals surface area contributed by atoms with Gasteiger partial charge in [-0.1, -0.05) is 6.42 Å². The van der Waals surface area contributed by atoms with E-state index in [0.29, 0.717) is 17.4 Å². The maximum atomic E-state index is 13.7. The van der Waals surface area contributed by atoms with Crippen LogP contribution in [-0.4, -0.2) is 79.5 Å². The number of anilines is 1. The Balaban J connectivity index is 1.45. The van der Waals surface area contributed by atoms with Crippen LogP contribution in [0.25, 0.3) is 16.7 Å². The van der Waals surface area contributed by atoms with E-state index in [0.717, 1.165) is 88.3 Å². The lowest BCUT2D eigenvalue weighted by Crippen LogP contribution is -2.49. The minimum Gasteiger partial charge on any atom is -0.379 e. The monoisotopic (exact) mass is 558 g/mol. The number of hydrogen-bond acceptors (Lipinski definition) is 9. The smallest absolute Gasteiger partial charge is 0.379 e. The molecule has 2 N–H and O–H groups in total. The number of hydrogen-bond donors (Lipinski definition) is 1. The van der Waals surface area contributed by atoms with Crippen molar-refractivity contribution in [3.8, 4) is 5.69 Å². The summed E-state index contributed by atoms with van der Waals surface area (Å²) >= 11 is 0. The molecule has 2 saturated heterocycles. The van der Waals surface area contributed by atoms with Crippen molar-refractivity contribution in [1.82, 2.24) is 19.7 Å². The van der Waals surface area contributed by atoms with Gasteiger partial charge < -0.3 is 13.8 Å². The Hall–Kier alpha value is -3.13. The van der Waals surface area contributed by atoms with E-state index in [2.05, 4.69) is 19.0 Å². The van der Waals surface area contributed by atoms with E-state index in [4.69, 9.17) is 15.0 Å². The number of pyridine rings is 1. The number of ether oxygens (including phenoxy) is 1. The molecule has 3 aliphatic rings. The number of piperidine rings is 1. The molecule has 208 valence electrons. The fourth-order valence-electron chi connectivity index (χ4n) is 5.77. The lowest BCUT2D eigenvalue weighted by atomic mass is 9.82. The second kappa shape index (κ2) is 10.5. The number of nitrogens with zero attached hydrogens (tertiary/aromatic N) is 5. The zero-order valence-electron chi connectivity index (χ0n) is 21.5.